The van der Waals surface area contributed by atoms with Crippen molar-refractivity contribution in [2.24, 2.45) is 17.1 Å². The predicted octanol–water partition coefficient (Wildman–Crippen LogP) is 3.49. The van der Waals surface area contributed by atoms with Crippen LogP contribution in [0, 0.1) is 48.9 Å². The summed E-state index contributed by atoms with van der Waals surface area (Å²) >= 11 is 2.21. The molecule has 2 aliphatic carbocycles. The van der Waals surface area contributed by atoms with Gasteiger partial charge in [0.15, 0.2) is 5.41 Å². The predicted molar refractivity (Wildman–Crippen MR) is 93.2 cm³/mol. The Hall–Kier alpha value is -2.30. The lowest BCUT2D eigenvalue weighted by Crippen LogP contribution is -2.35. The van der Waals surface area contributed by atoms with Gasteiger partial charge in [-0.25, -0.2) is 0 Å². The molecular weight excluding hydrogens is 399 g/mol. The Kier molecular flexibility index (Phi) is 3.88. The maximum atomic E-state index is 9.73. The molecule has 4 nitrogen and oxygen atoms in total. The van der Waals surface area contributed by atoms with Gasteiger partial charge in [0, 0.05) is 9.49 Å². The molecule has 1 saturated carbocycles. The Morgan fingerprint density at radius 2 is 1.70 bits per heavy atom. The molecule has 0 unspecified atom stereocenters. The first-order valence-corrected chi connectivity index (χ1v) is 8.35. The molecule has 0 aliphatic heterocycles. The smallest absolute Gasteiger partial charge is 0.194 e. The van der Waals surface area contributed by atoms with Gasteiger partial charge in [0.05, 0.1) is 23.4 Å². The molecule has 0 bridgehead atoms. The third-order valence-electron chi connectivity index (χ3n) is 4.51. The van der Waals surface area contributed by atoms with Gasteiger partial charge in [0.2, 0.25) is 0 Å². The van der Waals surface area contributed by atoms with Gasteiger partial charge >= 0.3 is 0 Å². The Morgan fingerprint density at radius 3 is 2.17 bits per heavy atom. The van der Waals surface area contributed by atoms with Gasteiger partial charge in [0.25, 0.3) is 0 Å². The largest absolute Gasteiger partial charge is 0.399 e. The number of hydrogen-bond donors (Lipinski definition) is 1. The molecule has 0 aromatic heterocycles. The van der Waals surface area contributed by atoms with E-state index in [0.29, 0.717) is 11.5 Å². The van der Waals surface area contributed by atoms with Gasteiger partial charge < -0.3 is 5.73 Å². The normalized spacial score (nSPS) is 22.5. The third-order valence-corrected chi connectivity index (χ3v) is 5.23. The Balaban J connectivity index is 2.22. The van der Waals surface area contributed by atoms with Crippen molar-refractivity contribution in [3.8, 4) is 18.2 Å². The first-order valence-electron chi connectivity index (χ1n) is 7.27. The first-order chi connectivity index (χ1) is 11.1. The molecule has 0 spiro atoms. The van der Waals surface area contributed by atoms with E-state index in [4.69, 9.17) is 5.73 Å². The molecule has 2 N–H and O–H groups in total. The maximum Gasteiger partial charge on any atom is 0.194 e. The minimum atomic E-state index is -1.53. The summed E-state index contributed by atoms with van der Waals surface area (Å²) < 4.78 is 1.08. The second-order valence-electron chi connectivity index (χ2n) is 5.86. The monoisotopic (exact) mass is 412 g/mol. The summed E-state index contributed by atoms with van der Waals surface area (Å²) in [6.07, 6.45) is 3.97. The van der Waals surface area contributed by atoms with Crippen LogP contribution in [-0.2, 0) is 0 Å². The van der Waals surface area contributed by atoms with Crippen molar-refractivity contribution >= 4 is 22.6 Å². The molecule has 23 heavy (non-hydrogen) atoms. The molecule has 2 aliphatic rings. The molecule has 1 aromatic carbocycles. The maximum absolute atomic E-state index is 9.73. The average molecular weight is 412 g/mol. The van der Waals surface area contributed by atoms with Crippen molar-refractivity contribution in [1.29, 1.82) is 15.8 Å². The fourth-order valence-corrected chi connectivity index (χ4v) is 3.43. The highest BCUT2D eigenvalue weighted by molar-refractivity contribution is 14.1. The molecule has 0 heterocycles. The van der Waals surface area contributed by atoms with Gasteiger partial charge in [-0.15, -0.1) is 0 Å². The van der Waals surface area contributed by atoms with Crippen molar-refractivity contribution in [1.82, 2.24) is 0 Å². The van der Waals surface area contributed by atoms with Crippen LogP contribution < -0.4 is 5.73 Å². The third kappa shape index (κ3) is 2.40. The highest BCUT2D eigenvalue weighted by Crippen LogP contribution is 2.51. The topological polar surface area (TPSA) is 97.4 Å². The van der Waals surface area contributed by atoms with Crippen molar-refractivity contribution < 1.29 is 0 Å². The summed E-state index contributed by atoms with van der Waals surface area (Å²) in [6, 6.07) is 14.0. The molecule has 1 aromatic rings. The first kappa shape index (κ1) is 15.6. The van der Waals surface area contributed by atoms with E-state index < -0.39 is 11.3 Å². The van der Waals surface area contributed by atoms with Crippen LogP contribution in [0.1, 0.15) is 24.3 Å². The summed E-state index contributed by atoms with van der Waals surface area (Å²) in [5.41, 5.74) is 6.82. The number of halogens is 1. The van der Waals surface area contributed by atoms with E-state index in [1.54, 1.807) is 0 Å². The van der Waals surface area contributed by atoms with E-state index in [9.17, 15) is 15.8 Å². The highest BCUT2D eigenvalue weighted by atomic mass is 127. The Bertz CT molecular complexity index is 825. The fourth-order valence-electron chi connectivity index (χ4n) is 3.07. The van der Waals surface area contributed by atoms with Crippen LogP contribution in [0.5, 0.6) is 0 Å². The minimum absolute atomic E-state index is 0.0953. The highest BCUT2D eigenvalue weighted by Gasteiger charge is 2.48. The van der Waals surface area contributed by atoms with Gasteiger partial charge in [-0.1, -0.05) is 18.2 Å². The number of hydrogen-bond acceptors (Lipinski definition) is 4. The molecule has 1 atom stereocenters. The molecule has 0 radical (unpaired) electrons. The second-order valence-corrected chi connectivity index (χ2v) is 7.10. The quantitative estimate of drug-likeness (QED) is 0.752. The Labute approximate surface area is 148 Å². The summed E-state index contributed by atoms with van der Waals surface area (Å²) in [4.78, 5) is 0. The number of nitrogens with two attached hydrogens (primary N) is 1. The summed E-state index contributed by atoms with van der Waals surface area (Å²) in [5.74, 6) is -0.132. The number of nitriles is 3. The lowest BCUT2D eigenvalue weighted by atomic mass is 9.66. The van der Waals surface area contributed by atoms with Crippen molar-refractivity contribution in [3.05, 3.63) is 56.3 Å². The van der Waals surface area contributed by atoms with Gasteiger partial charge in [-0.05, 0) is 64.6 Å². The van der Waals surface area contributed by atoms with E-state index in [2.05, 4.69) is 40.8 Å². The van der Waals surface area contributed by atoms with Gasteiger partial charge in [0.1, 0.15) is 6.07 Å². The molecular formula is C18H13IN4. The minimum Gasteiger partial charge on any atom is -0.399 e. The second kappa shape index (κ2) is 5.72. The van der Waals surface area contributed by atoms with Crippen LogP contribution in [0.15, 0.2) is 47.2 Å². The SMILES string of the molecule is N#CC1=C(N)C(C#N)(C#N)[C@@H](c2ccc(I)cc2)C=C1C1CC1. The summed E-state index contributed by atoms with van der Waals surface area (Å²) in [6.45, 7) is 0. The lowest BCUT2D eigenvalue weighted by molar-refractivity contribution is 0.523. The summed E-state index contributed by atoms with van der Waals surface area (Å²) in [5, 5.41) is 28.9. The van der Waals surface area contributed by atoms with Crippen molar-refractivity contribution in [2.45, 2.75) is 18.8 Å². The molecule has 0 saturated heterocycles. The zero-order valence-corrected chi connectivity index (χ0v) is 14.4. The number of rotatable bonds is 2. The van der Waals surface area contributed by atoms with Crippen LogP contribution in [-0.4, -0.2) is 0 Å². The van der Waals surface area contributed by atoms with E-state index in [1.165, 1.54) is 0 Å². The average Bonchev–Trinajstić information content (AvgIpc) is 3.40. The number of benzene rings is 1. The Morgan fingerprint density at radius 1 is 1.09 bits per heavy atom. The number of allylic oxidation sites excluding steroid dienone is 4. The lowest BCUT2D eigenvalue weighted by Gasteiger charge is -2.33. The molecule has 3 rings (SSSR count). The van der Waals surface area contributed by atoms with Crippen LogP contribution in [0.2, 0.25) is 0 Å². The zero-order chi connectivity index (χ0) is 16.6. The van der Waals surface area contributed by atoms with Crippen LogP contribution in [0.25, 0.3) is 0 Å². The fraction of sp³-hybridized carbons (Fsp3) is 0.278. The van der Waals surface area contributed by atoms with Gasteiger partial charge in [-0.3, -0.25) is 0 Å². The van der Waals surface area contributed by atoms with Crippen LogP contribution in [0.4, 0.5) is 0 Å². The summed E-state index contributed by atoms with van der Waals surface area (Å²) in [7, 11) is 0. The zero-order valence-electron chi connectivity index (χ0n) is 12.3. The van der Waals surface area contributed by atoms with Gasteiger partial charge in [-0.2, -0.15) is 15.8 Å². The van der Waals surface area contributed by atoms with E-state index >= 15 is 0 Å². The number of nitrogens with zero attached hydrogens (tertiary/aromatic N) is 3. The van der Waals surface area contributed by atoms with E-state index in [0.717, 1.165) is 27.5 Å². The van der Waals surface area contributed by atoms with Crippen molar-refractivity contribution in [3.63, 3.8) is 0 Å². The molecule has 1 fully saturated rings. The van der Waals surface area contributed by atoms with Crippen LogP contribution in [0.3, 0.4) is 0 Å². The molecule has 112 valence electrons. The van der Waals surface area contributed by atoms with E-state index in [-0.39, 0.29) is 5.70 Å². The molecule has 0 amide bonds. The van der Waals surface area contributed by atoms with Crippen molar-refractivity contribution in [2.75, 3.05) is 0 Å². The van der Waals surface area contributed by atoms with E-state index in [1.807, 2.05) is 30.3 Å². The van der Waals surface area contributed by atoms with Crippen LogP contribution >= 0.6 is 22.6 Å². The standard InChI is InChI=1S/C18H13IN4/c19-13-5-3-12(4-6-13)16-7-14(11-1-2-11)15(8-20)17(23)18(16,9-21)10-22/h3-7,11,16H,1-2,23H2/t16-/m1/s1. The molecule has 5 heteroatoms.